The summed E-state index contributed by atoms with van der Waals surface area (Å²) in [6.45, 7) is 2.22. The van der Waals surface area contributed by atoms with Gasteiger partial charge in [0.15, 0.2) is 0 Å². The van der Waals surface area contributed by atoms with E-state index in [2.05, 4.69) is 42.4 Å². The van der Waals surface area contributed by atoms with Crippen LogP contribution in [-0.2, 0) is 12.8 Å². The topological polar surface area (TPSA) is 38.4 Å². The van der Waals surface area contributed by atoms with Crippen LogP contribution in [-0.4, -0.2) is 5.71 Å². The van der Waals surface area contributed by atoms with Crippen LogP contribution in [0.4, 0.5) is 0 Å². The summed E-state index contributed by atoms with van der Waals surface area (Å²) in [5.74, 6) is 5.63. The molecule has 2 nitrogen and oxygen atoms in total. The molecule has 2 aromatic rings. The van der Waals surface area contributed by atoms with E-state index in [-0.39, 0.29) is 0 Å². The molecule has 0 aromatic heterocycles. The number of nitrogens with zero attached hydrogens (tertiary/aromatic N) is 1. The smallest absolute Gasteiger partial charge is 0.0672 e. The fourth-order valence-corrected chi connectivity index (χ4v) is 3.49. The number of benzene rings is 2. The Bertz CT molecular complexity index is 685. The number of nitrogens with two attached hydrogens (primary N) is 1. The van der Waals surface area contributed by atoms with Gasteiger partial charge in [-0.15, -0.1) is 0 Å². The van der Waals surface area contributed by atoms with Gasteiger partial charge in [0.25, 0.3) is 0 Å². The molecule has 0 bridgehead atoms. The molecule has 2 N–H and O–H groups in total. The number of unbranched alkanes of at least 4 members (excludes halogenated alkanes) is 2. The van der Waals surface area contributed by atoms with Gasteiger partial charge in [0.1, 0.15) is 0 Å². The maximum Gasteiger partial charge on any atom is 0.0672 e. The summed E-state index contributed by atoms with van der Waals surface area (Å²) >= 11 is 0. The fraction of sp³-hybridized carbons (Fsp3) is 0.450. The molecule has 2 aromatic carbocycles. The Kier molecular flexibility index (Phi) is 4.77. The van der Waals surface area contributed by atoms with Crippen molar-refractivity contribution >= 4 is 16.5 Å². The molecule has 0 fully saturated rings. The summed E-state index contributed by atoms with van der Waals surface area (Å²) < 4.78 is 0. The standard InChI is InChI=1S/C20H26N2/c1-2-3-4-9-20(22-21)18-11-10-17-12-15-7-5-6-8-16(15)13-19(17)14-18/h10-14H,2-9,21H2,1H3/b22-20+. The lowest BCUT2D eigenvalue weighted by molar-refractivity contribution is 0.687. The summed E-state index contributed by atoms with van der Waals surface area (Å²) in [7, 11) is 0. The number of rotatable bonds is 5. The molecule has 2 heteroatoms. The molecular formula is C20H26N2. The highest BCUT2D eigenvalue weighted by atomic mass is 15.1. The van der Waals surface area contributed by atoms with Crippen LogP contribution in [0.5, 0.6) is 0 Å². The lowest BCUT2D eigenvalue weighted by atomic mass is 9.88. The lowest BCUT2D eigenvalue weighted by Gasteiger charge is -2.17. The van der Waals surface area contributed by atoms with E-state index < -0.39 is 0 Å². The van der Waals surface area contributed by atoms with E-state index in [9.17, 15) is 0 Å². The van der Waals surface area contributed by atoms with Crippen molar-refractivity contribution in [2.45, 2.75) is 58.3 Å². The van der Waals surface area contributed by atoms with Crippen LogP contribution in [0, 0.1) is 0 Å². The van der Waals surface area contributed by atoms with Crippen LogP contribution < -0.4 is 5.84 Å². The monoisotopic (exact) mass is 294 g/mol. The van der Waals surface area contributed by atoms with Gasteiger partial charge < -0.3 is 5.84 Å². The van der Waals surface area contributed by atoms with Crippen LogP contribution in [0.25, 0.3) is 10.8 Å². The van der Waals surface area contributed by atoms with E-state index in [0.717, 1.165) is 18.6 Å². The molecule has 1 aliphatic carbocycles. The van der Waals surface area contributed by atoms with Gasteiger partial charge in [0.2, 0.25) is 0 Å². The zero-order valence-corrected chi connectivity index (χ0v) is 13.6. The number of hydrogen-bond acceptors (Lipinski definition) is 2. The highest BCUT2D eigenvalue weighted by Crippen LogP contribution is 2.27. The molecule has 0 heterocycles. The Morgan fingerprint density at radius 1 is 1.00 bits per heavy atom. The van der Waals surface area contributed by atoms with Crippen molar-refractivity contribution in [1.82, 2.24) is 0 Å². The molecule has 0 spiro atoms. The first-order chi connectivity index (χ1) is 10.8. The van der Waals surface area contributed by atoms with E-state index in [1.165, 1.54) is 60.4 Å². The van der Waals surface area contributed by atoms with Crippen LogP contribution >= 0.6 is 0 Å². The first kappa shape index (κ1) is 15.1. The van der Waals surface area contributed by atoms with Crippen LogP contribution in [0.2, 0.25) is 0 Å². The van der Waals surface area contributed by atoms with Crippen molar-refractivity contribution in [2.24, 2.45) is 10.9 Å². The van der Waals surface area contributed by atoms with E-state index in [1.54, 1.807) is 5.56 Å². The SMILES string of the molecule is CCCCC/C(=N\N)c1ccc2cc3c(cc2c1)CCCC3. The van der Waals surface area contributed by atoms with Gasteiger partial charge in [0, 0.05) is 0 Å². The van der Waals surface area contributed by atoms with E-state index in [1.807, 2.05) is 0 Å². The second kappa shape index (κ2) is 6.95. The van der Waals surface area contributed by atoms with Gasteiger partial charge in [0.05, 0.1) is 5.71 Å². The first-order valence-corrected chi connectivity index (χ1v) is 8.64. The highest BCUT2D eigenvalue weighted by molar-refractivity contribution is 6.03. The third-order valence-electron chi connectivity index (χ3n) is 4.81. The Hall–Kier alpha value is -1.83. The number of fused-ring (bicyclic) bond motifs is 2. The average molecular weight is 294 g/mol. The Balaban J connectivity index is 1.91. The fourth-order valence-electron chi connectivity index (χ4n) is 3.49. The van der Waals surface area contributed by atoms with Crippen molar-refractivity contribution in [3.8, 4) is 0 Å². The van der Waals surface area contributed by atoms with Crippen molar-refractivity contribution in [3.63, 3.8) is 0 Å². The van der Waals surface area contributed by atoms with Gasteiger partial charge in [-0.05, 0) is 72.1 Å². The minimum atomic E-state index is 0.973. The largest absolute Gasteiger partial charge is 0.323 e. The van der Waals surface area contributed by atoms with Crippen molar-refractivity contribution in [2.75, 3.05) is 0 Å². The summed E-state index contributed by atoms with van der Waals surface area (Å²) in [4.78, 5) is 0. The Morgan fingerprint density at radius 3 is 2.41 bits per heavy atom. The predicted molar refractivity (Wildman–Crippen MR) is 95.5 cm³/mol. The number of aryl methyl sites for hydroxylation is 2. The molecule has 0 atom stereocenters. The van der Waals surface area contributed by atoms with Crippen molar-refractivity contribution in [1.29, 1.82) is 0 Å². The molecular weight excluding hydrogens is 268 g/mol. The highest BCUT2D eigenvalue weighted by Gasteiger charge is 2.11. The minimum Gasteiger partial charge on any atom is -0.323 e. The van der Waals surface area contributed by atoms with Crippen molar-refractivity contribution in [3.05, 3.63) is 47.0 Å². The second-order valence-corrected chi connectivity index (χ2v) is 6.42. The van der Waals surface area contributed by atoms with Crippen molar-refractivity contribution < 1.29 is 0 Å². The molecule has 0 amide bonds. The molecule has 22 heavy (non-hydrogen) atoms. The van der Waals surface area contributed by atoms with E-state index >= 15 is 0 Å². The minimum absolute atomic E-state index is 0.973. The summed E-state index contributed by atoms with van der Waals surface area (Å²) in [5, 5.41) is 6.71. The second-order valence-electron chi connectivity index (χ2n) is 6.42. The zero-order chi connectivity index (χ0) is 15.4. The third kappa shape index (κ3) is 3.16. The normalized spacial score (nSPS) is 15.0. The molecule has 1 aliphatic rings. The molecule has 0 aliphatic heterocycles. The maximum absolute atomic E-state index is 5.63. The van der Waals surface area contributed by atoms with Gasteiger partial charge >= 0.3 is 0 Å². The zero-order valence-electron chi connectivity index (χ0n) is 13.6. The first-order valence-electron chi connectivity index (χ1n) is 8.64. The van der Waals surface area contributed by atoms with Gasteiger partial charge in [-0.25, -0.2) is 0 Å². The molecule has 116 valence electrons. The number of hydrogen-bond donors (Lipinski definition) is 1. The lowest BCUT2D eigenvalue weighted by Crippen LogP contribution is -2.05. The Labute approximate surface area is 133 Å². The van der Waals surface area contributed by atoms with Crippen LogP contribution in [0.15, 0.2) is 35.4 Å². The summed E-state index contributed by atoms with van der Waals surface area (Å²) in [6, 6.07) is 11.4. The van der Waals surface area contributed by atoms with Gasteiger partial charge in [-0.3, -0.25) is 0 Å². The Morgan fingerprint density at radius 2 is 1.73 bits per heavy atom. The van der Waals surface area contributed by atoms with Gasteiger partial charge in [-0.1, -0.05) is 44.0 Å². The third-order valence-corrected chi connectivity index (χ3v) is 4.81. The average Bonchev–Trinajstić information content (AvgIpc) is 2.56. The molecule has 0 saturated heterocycles. The van der Waals surface area contributed by atoms with Crippen LogP contribution in [0.3, 0.4) is 0 Å². The predicted octanol–water partition coefficient (Wildman–Crippen LogP) is 4.96. The molecule has 3 rings (SSSR count). The van der Waals surface area contributed by atoms with E-state index in [4.69, 9.17) is 5.84 Å². The quantitative estimate of drug-likeness (QED) is 0.360. The molecule has 0 saturated carbocycles. The van der Waals surface area contributed by atoms with Gasteiger partial charge in [-0.2, -0.15) is 5.10 Å². The van der Waals surface area contributed by atoms with Crippen LogP contribution in [0.1, 0.15) is 62.1 Å². The maximum atomic E-state index is 5.63. The number of hydrazone groups is 1. The summed E-state index contributed by atoms with van der Waals surface area (Å²) in [6.07, 6.45) is 9.71. The molecule has 0 radical (unpaired) electrons. The van der Waals surface area contributed by atoms with E-state index in [0.29, 0.717) is 0 Å². The molecule has 0 unspecified atom stereocenters. The summed E-state index contributed by atoms with van der Waals surface area (Å²) in [5.41, 5.74) is 5.30.